The van der Waals surface area contributed by atoms with E-state index < -0.39 is 5.97 Å². The molecule has 15 heavy (non-hydrogen) atoms. The predicted molar refractivity (Wildman–Crippen MR) is 54.4 cm³/mol. The summed E-state index contributed by atoms with van der Waals surface area (Å²) >= 11 is 0. The van der Waals surface area contributed by atoms with Gasteiger partial charge in [-0.05, 0) is 13.0 Å². The van der Waals surface area contributed by atoms with E-state index in [1.165, 1.54) is 13.2 Å². The van der Waals surface area contributed by atoms with Crippen LogP contribution < -0.4 is 10.5 Å². The first-order valence-corrected chi connectivity index (χ1v) is 4.13. The Balaban J connectivity index is 3.20. The van der Waals surface area contributed by atoms with Crippen molar-refractivity contribution in [2.45, 2.75) is 6.92 Å². The molecule has 1 aromatic rings. The average Bonchev–Trinajstić information content (AvgIpc) is 2.14. The second-order valence-electron chi connectivity index (χ2n) is 2.75. The quantitative estimate of drug-likeness (QED) is 0.702. The highest BCUT2D eigenvalue weighted by Gasteiger charge is 2.08. The van der Waals surface area contributed by atoms with E-state index in [2.05, 4.69) is 9.97 Å². The van der Waals surface area contributed by atoms with Crippen LogP contribution in [0.3, 0.4) is 0 Å². The van der Waals surface area contributed by atoms with Crippen molar-refractivity contribution >= 4 is 17.9 Å². The molecule has 0 amide bonds. The van der Waals surface area contributed by atoms with Crippen LogP contribution in [0.25, 0.3) is 6.08 Å². The molecule has 0 saturated carbocycles. The van der Waals surface area contributed by atoms with Crippen LogP contribution in [-0.2, 0) is 4.79 Å². The highest BCUT2D eigenvalue weighted by molar-refractivity contribution is 5.87. The van der Waals surface area contributed by atoms with E-state index >= 15 is 0 Å². The molecule has 0 radical (unpaired) electrons. The first kappa shape index (κ1) is 11.0. The van der Waals surface area contributed by atoms with Gasteiger partial charge in [0.05, 0.1) is 12.7 Å². The summed E-state index contributed by atoms with van der Waals surface area (Å²) in [5.41, 5.74) is 5.97. The lowest BCUT2D eigenvalue weighted by Gasteiger charge is -2.06. The first-order chi connectivity index (χ1) is 7.04. The van der Waals surface area contributed by atoms with Crippen LogP contribution in [0.4, 0.5) is 5.82 Å². The van der Waals surface area contributed by atoms with Crippen LogP contribution in [0.5, 0.6) is 5.88 Å². The van der Waals surface area contributed by atoms with E-state index in [0.717, 1.165) is 6.08 Å². The van der Waals surface area contributed by atoms with Crippen LogP contribution in [0.2, 0.25) is 0 Å². The Morgan fingerprint density at radius 1 is 1.53 bits per heavy atom. The van der Waals surface area contributed by atoms with Crippen molar-refractivity contribution in [2.75, 3.05) is 12.8 Å². The van der Waals surface area contributed by atoms with Crippen molar-refractivity contribution in [3.05, 3.63) is 17.5 Å². The average molecular weight is 209 g/mol. The standard InChI is InChI=1S/C9H11N3O3/c1-5-11-8(10)6(3-4-7(13)14)9(12-5)15-2/h3-4H,1-2H3,(H,13,14)(H2,10,11,12). The van der Waals surface area contributed by atoms with E-state index in [-0.39, 0.29) is 11.7 Å². The van der Waals surface area contributed by atoms with E-state index in [0.29, 0.717) is 11.4 Å². The molecule has 0 saturated heterocycles. The number of carboxylic acid groups (broad SMARTS) is 1. The molecule has 0 aliphatic heterocycles. The number of methoxy groups -OCH3 is 1. The molecule has 0 spiro atoms. The van der Waals surface area contributed by atoms with Gasteiger partial charge in [-0.15, -0.1) is 0 Å². The van der Waals surface area contributed by atoms with Crippen molar-refractivity contribution in [3.63, 3.8) is 0 Å². The fourth-order valence-corrected chi connectivity index (χ4v) is 1.04. The van der Waals surface area contributed by atoms with Crippen molar-refractivity contribution in [1.82, 2.24) is 9.97 Å². The summed E-state index contributed by atoms with van der Waals surface area (Å²) in [6, 6.07) is 0. The van der Waals surface area contributed by atoms with E-state index in [1.54, 1.807) is 6.92 Å². The molecular formula is C9H11N3O3. The Hall–Kier alpha value is -2.11. The smallest absolute Gasteiger partial charge is 0.328 e. The van der Waals surface area contributed by atoms with Crippen molar-refractivity contribution in [3.8, 4) is 5.88 Å². The van der Waals surface area contributed by atoms with Gasteiger partial charge in [0.2, 0.25) is 5.88 Å². The summed E-state index contributed by atoms with van der Waals surface area (Å²) < 4.78 is 4.96. The number of carbonyl (C=O) groups is 1. The van der Waals surface area contributed by atoms with Gasteiger partial charge in [0.15, 0.2) is 0 Å². The Morgan fingerprint density at radius 3 is 2.73 bits per heavy atom. The van der Waals surface area contributed by atoms with Crippen LogP contribution in [-0.4, -0.2) is 28.2 Å². The molecule has 3 N–H and O–H groups in total. The number of hydrogen-bond donors (Lipinski definition) is 2. The summed E-state index contributed by atoms with van der Waals surface area (Å²) in [4.78, 5) is 18.2. The van der Waals surface area contributed by atoms with Gasteiger partial charge in [-0.2, -0.15) is 4.98 Å². The van der Waals surface area contributed by atoms with Gasteiger partial charge in [-0.25, -0.2) is 9.78 Å². The molecule has 0 bridgehead atoms. The fraction of sp³-hybridized carbons (Fsp3) is 0.222. The molecular weight excluding hydrogens is 198 g/mol. The number of carboxylic acids is 1. The Labute approximate surface area is 86.4 Å². The number of ether oxygens (including phenoxy) is 1. The molecule has 0 unspecified atom stereocenters. The number of nitrogens with zero attached hydrogens (tertiary/aromatic N) is 2. The monoisotopic (exact) mass is 209 g/mol. The minimum atomic E-state index is -1.07. The first-order valence-electron chi connectivity index (χ1n) is 4.13. The molecule has 0 aromatic carbocycles. The second kappa shape index (κ2) is 4.41. The largest absolute Gasteiger partial charge is 0.480 e. The van der Waals surface area contributed by atoms with Gasteiger partial charge in [-0.1, -0.05) is 0 Å². The highest BCUT2D eigenvalue weighted by atomic mass is 16.5. The fourth-order valence-electron chi connectivity index (χ4n) is 1.04. The predicted octanol–water partition coefficient (Wildman–Crippen LogP) is 0.474. The van der Waals surface area contributed by atoms with Gasteiger partial charge < -0.3 is 15.6 Å². The number of aliphatic carboxylic acids is 1. The summed E-state index contributed by atoms with van der Waals surface area (Å²) in [5, 5.41) is 8.47. The number of hydrogen-bond acceptors (Lipinski definition) is 5. The number of rotatable bonds is 3. The number of anilines is 1. The molecule has 0 aliphatic rings. The van der Waals surface area contributed by atoms with Crippen molar-refractivity contribution in [1.29, 1.82) is 0 Å². The molecule has 1 aromatic heterocycles. The van der Waals surface area contributed by atoms with Gasteiger partial charge >= 0.3 is 5.97 Å². The molecule has 80 valence electrons. The maximum Gasteiger partial charge on any atom is 0.328 e. The zero-order chi connectivity index (χ0) is 11.4. The summed E-state index contributed by atoms with van der Waals surface area (Å²) in [7, 11) is 1.43. The van der Waals surface area contributed by atoms with E-state index in [9.17, 15) is 4.79 Å². The van der Waals surface area contributed by atoms with Crippen LogP contribution in [0.15, 0.2) is 6.08 Å². The third-order valence-electron chi connectivity index (χ3n) is 1.64. The molecule has 0 fully saturated rings. The van der Waals surface area contributed by atoms with Crippen LogP contribution >= 0.6 is 0 Å². The second-order valence-corrected chi connectivity index (χ2v) is 2.75. The number of aryl methyl sites for hydroxylation is 1. The van der Waals surface area contributed by atoms with Gasteiger partial charge in [-0.3, -0.25) is 0 Å². The van der Waals surface area contributed by atoms with E-state index in [1.807, 2.05) is 0 Å². The molecule has 0 atom stereocenters. The normalized spacial score (nSPS) is 10.5. The molecule has 0 aliphatic carbocycles. The minimum absolute atomic E-state index is 0.192. The van der Waals surface area contributed by atoms with Gasteiger partial charge in [0, 0.05) is 6.08 Å². The lowest BCUT2D eigenvalue weighted by atomic mass is 10.2. The maximum absolute atomic E-state index is 10.3. The third kappa shape index (κ3) is 2.67. The number of nitrogen functional groups attached to an aromatic ring is 1. The summed E-state index contributed by atoms with van der Waals surface area (Å²) in [6.07, 6.45) is 2.25. The lowest BCUT2D eigenvalue weighted by Crippen LogP contribution is -2.03. The Bertz CT molecular complexity index is 415. The number of nitrogens with two attached hydrogens (primary N) is 1. The Kier molecular flexibility index (Phi) is 3.22. The minimum Gasteiger partial charge on any atom is -0.480 e. The topological polar surface area (TPSA) is 98.3 Å². The highest BCUT2D eigenvalue weighted by Crippen LogP contribution is 2.21. The van der Waals surface area contributed by atoms with E-state index in [4.69, 9.17) is 15.6 Å². The maximum atomic E-state index is 10.3. The number of aromatic nitrogens is 2. The third-order valence-corrected chi connectivity index (χ3v) is 1.64. The SMILES string of the molecule is COc1nc(C)nc(N)c1C=CC(=O)O. The molecule has 1 rings (SSSR count). The molecule has 1 heterocycles. The zero-order valence-corrected chi connectivity index (χ0v) is 8.39. The van der Waals surface area contributed by atoms with Crippen LogP contribution in [0.1, 0.15) is 11.4 Å². The zero-order valence-electron chi connectivity index (χ0n) is 8.39. The summed E-state index contributed by atoms with van der Waals surface area (Å²) in [5.74, 6) is -0.150. The van der Waals surface area contributed by atoms with Gasteiger partial charge in [0.1, 0.15) is 11.6 Å². The Morgan fingerprint density at radius 2 is 2.20 bits per heavy atom. The molecule has 6 heteroatoms. The van der Waals surface area contributed by atoms with Crippen molar-refractivity contribution in [2.24, 2.45) is 0 Å². The summed E-state index contributed by atoms with van der Waals surface area (Å²) in [6.45, 7) is 1.67. The van der Waals surface area contributed by atoms with Crippen molar-refractivity contribution < 1.29 is 14.6 Å². The van der Waals surface area contributed by atoms with Crippen LogP contribution in [0, 0.1) is 6.92 Å². The molecule has 6 nitrogen and oxygen atoms in total. The lowest BCUT2D eigenvalue weighted by molar-refractivity contribution is -0.131. The van der Waals surface area contributed by atoms with Gasteiger partial charge in [0.25, 0.3) is 0 Å².